The third-order valence-corrected chi connectivity index (χ3v) is 2.76. The summed E-state index contributed by atoms with van der Waals surface area (Å²) in [5, 5.41) is 0. The van der Waals surface area contributed by atoms with Gasteiger partial charge >= 0.3 is 0 Å². The second kappa shape index (κ2) is 2.27. The quantitative estimate of drug-likeness (QED) is 0.618. The molecule has 0 aliphatic heterocycles. The standard InChI is InChI=1S/C5H11NO2S/c1-2-9(7,8)6-5-3-4-5/h5-6H,2-4H2,1H3. The molecule has 0 saturated heterocycles. The van der Waals surface area contributed by atoms with Crippen molar-refractivity contribution in [2.45, 2.75) is 25.8 Å². The van der Waals surface area contributed by atoms with Crippen LogP contribution >= 0.6 is 0 Å². The molecular weight excluding hydrogens is 138 g/mol. The van der Waals surface area contributed by atoms with Crippen LogP contribution in [0.25, 0.3) is 0 Å². The zero-order chi connectivity index (χ0) is 6.91. The van der Waals surface area contributed by atoms with Crippen LogP contribution in [0.5, 0.6) is 0 Å². The Hall–Kier alpha value is -0.0900. The van der Waals surface area contributed by atoms with Gasteiger partial charge in [0, 0.05) is 6.04 Å². The first-order valence-corrected chi connectivity index (χ1v) is 4.79. The van der Waals surface area contributed by atoms with Crippen LogP contribution in [0, 0.1) is 0 Å². The van der Waals surface area contributed by atoms with Gasteiger partial charge in [-0.3, -0.25) is 0 Å². The van der Waals surface area contributed by atoms with E-state index in [2.05, 4.69) is 4.72 Å². The molecule has 0 spiro atoms. The smallest absolute Gasteiger partial charge is 0.211 e. The molecule has 0 aromatic rings. The van der Waals surface area contributed by atoms with Gasteiger partial charge in [0.2, 0.25) is 10.0 Å². The average molecular weight is 149 g/mol. The molecule has 0 amide bonds. The third-order valence-electron chi connectivity index (χ3n) is 1.30. The summed E-state index contributed by atoms with van der Waals surface area (Å²) in [5.74, 6) is 0.198. The summed E-state index contributed by atoms with van der Waals surface area (Å²) < 4.78 is 24.0. The predicted molar refractivity (Wildman–Crippen MR) is 35.6 cm³/mol. The van der Waals surface area contributed by atoms with Gasteiger partial charge in [-0.1, -0.05) is 0 Å². The van der Waals surface area contributed by atoms with Crippen LogP contribution < -0.4 is 4.72 Å². The maximum Gasteiger partial charge on any atom is 0.211 e. The van der Waals surface area contributed by atoms with Crippen molar-refractivity contribution in [1.82, 2.24) is 4.72 Å². The summed E-state index contributed by atoms with van der Waals surface area (Å²) >= 11 is 0. The highest BCUT2D eigenvalue weighted by Gasteiger charge is 2.25. The third kappa shape index (κ3) is 2.32. The van der Waals surface area contributed by atoms with Gasteiger partial charge < -0.3 is 0 Å². The molecule has 1 fully saturated rings. The van der Waals surface area contributed by atoms with E-state index < -0.39 is 10.0 Å². The van der Waals surface area contributed by atoms with E-state index in [-0.39, 0.29) is 11.8 Å². The van der Waals surface area contributed by atoms with Crippen LogP contribution in [0.1, 0.15) is 19.8 Å². The zero-order valence-electron chi connectivity index (χ0n) is 5.42. The van der Waals surface area contributed by atoms with Gasteiger partial charge in [-0.25, -0.2) is 13.1 Å². The lowest BCUT2D eigenvalue weighted by molar-refractivity contribution is 0.582. The largest absolute Gasteiger partial charge is 0.212 e. The maximum atomic E-state index is 10.7. The molecule has 0 aromatic carbocycles. The molecule has 1 rings (SSSR count). The summed E-state index contributed by atoms with van der Waals surface area (Å²) in [5.41, 5.74) is 0. The zero-order valence-corrected chi connectivity index (χ0v) is 6.24. The van der Waals surface area contributed by atoms with Crippen LogP contribution in [-0.4, -0.2) is 20.2 Å². The molecule has 0 heterocycles. The SMILES string of the molecule is CCS(=O)(=O)NC1CC1. The average Bonchev–Trinajstić information content (AvgIpc) is 2.50. The highest BCUT2D eigenvalue weighted by Crippen LogP contribution is 2.19. The van der Waals surface area contributed by atoms with E-state index in [1.165, 1.54) is 0 Å². The molecule has 54 valence electrons. The second-order valence-corrected chi connectivity index (χ2v) is 4.34. The number of rotatable bonds is 3. The lowest BCUT2D eigenvalue weighted by Gasteiger charge is -1.98. The van der Waals surface area contributed by atoms with Gasteiger partial charge in [0.25, 0.3) is 0 Å². The Balaban J connectivity index is 2.40. The van der Waals surface area contributed by atoms with Gasteiger partial charge in [0.05, 0.1) is 5.75 Å². The molecule has 1 aliphatic rings. The summed E-state index contributed by atoms with van der Waals surface area (Å²) in [6.07, 6.45) is 2.03. The van der Waals surface area contributed by atoms with E-state index in [0.717, 1.165) is 12.8 Å². The highest BCUT2D eigenvalue weighted by atomic mass is 32.2. The fourth-order valence-electron chi connectivity index (χ4n) is 0.538. The van der Waals surface area contributed by atoms with Crippen LogP contribution in [-0.2, 0) is 10.0 Å². The number of sulfonamides is 1. The van der Waals surface area contributed by atoms with Crippen molar-refractivity contribution < 1.29 is 8.42 Å². The Morgan fingerprint density at radius 2 is 2.11 bits per heavy atom. The molecule has 0 radical (unpaired) electrons. The Morgan fingerprint density at radius 1 is 1.56 bits per heavy atom. The van der Waals surface area contributed by atoms with Crippen LogP contribution in [0.3, 0.4) is 0 Å². The minimum atomic E-state index is -2.91. The Morgan fingerprint density at radius 3 is 2.44 bits per heavy atom. The number of hydrogen-bond acceptors (Lipinski definition) is 2. The van der Waals surface area contributed by atoms with Crippen molar-refractivity contribution in [3.63, 3.8) is 0 Å². The van der Waals surface area contributed by atoms with Gasteiger partial charge in [-0.2, -0.15) is 0 Å². The van der Waals surface area contributed by atoms with Crippen molar-refractivity contribution in [1.29, 1.82) is 0 Å². The molecule has 9 heavy (non-hydrogen) atoms. The normalized spacial score (nSPS) is 20.1. The Kier molecular flexibility index (Phi) is 1.77. The van der Waals surface area contributed by atoms with E-state index in [1.54, 1.807) is 6.92 Å². The lowest BCUT2D eigenvalue weighted by atomic mass is 10.8. The molecule has 0 unspecified atom stereocenters. The van der Waals surface area contributed by atoms with Crippen molar-refractivity contribution >= 4 is 10.0 Å². The monoisotopic (exact) mass is 149 g/mol. The van der Waals surface area contributed by atoms with E-state index in [4.69, 9.17) is 0 Å². The predicted octanol–water partition coefficient (Wildman–Crippen LogP) is 0.0881. The first-order valence-electron chi connectivity index (χ1n) is 3.14. The minimum Gasteiger partial charge on any atom is -0.212 e. The molecular formula is C5H11NO2S. The molecule has 0 atom stereocenters. The molecule has 3 nitrogen and oxygen atoms in total. The minimum absolute atomic E-state index is 0.198. The Bertz CT molecular complexity index is 181. The summed E-state index contributed by atoms with van der Waals surface area (Å²) in [7, 11) is -2.91. The van der Waals surface area contributed by atoms with Crippen molar-refractivity contribution in [2.75, 3.05) is 5.75 Å². The number of hydrogen-bond donors (Lipinski definition) is 1. The highest BCUT2D eigenvalue weighted by molar-refractivity contribution is 7.89. The topological polar surface area (TPSA) is 46.2 Å². The van der Waals surface area contributed by atoms with Crippen molar-refractivity contribution in [2.24, 2.45) is 0 Å². The molecule has 4 heteroatoms. The van der Waals surface area contributed by atoms with Gasteiger partial charge in [-0.15, -0.1) is 0 Å². The second-order valence-electron chi connectivity index (χ2n) is 2.30. The van der Waals surface area contributed by atoms with Crippen molar-refractivity contribution in [3.05, 3.63) is 0 Å². The molecule has 0 bridgehead atoms. The summed E-state index contributed by atoms with van der Waals surface area (Å²) in [6.45, 7) is 1.64. The first-order chi connectivity index (χ1) is 4.14. The Labute approximate surface area is 55.5 Å². The van der Waals surface area contributed by atoms with Crippen molar-refractivity contribution in [3.8, 4) is 0 Å². The van der Waals surface area contributed by atoms with Gasteiger partial charge in [-0.05, 0) is 19.8 Å². The first kappa shape index (κ1) is 7.02. The van der Waals surface area contributed by atoms with Crippen LogP contribution in [0.4, 0.5) is 0 Å². The molecule has 0 aromatic heterocycles. The lowest BCUT2D eigenvalue weighted by Crippen LogP contribution is -2.26. The molecule has 1 N–H and O–H groups in total. The fourth-order valence-corrected chi connectivity index (χ4v) is 1.45. The van der Waals surface area contributed by atoms with Crippen LogP contribution in [0.2, 0.25) is 0 Å². The number of nitrogens with one attached hydrogen (secondary N) is 1. The summed E-state index contributed by atoms with van der Waals surface area (Å²) in [4.78, 5) is 0. The van der Waals surface area contributed by atoms with E-state index >= 15 is 0 Å². The van der Waals surface area contributed by atoms with Gasteiger partial charge in [0.1, 0.15) is 0 Å². The van der Waals surface area contributed by atoms with Crippen LogP contribution in [0.15, 0.2) is 0 Å². The van der Waals surface area contributed by atoms with E-state index in [0.29, 0.717) is 0 Å². The molecule has 1 aliphatic carbocycles. The van der Waals surface area contributed by atoms with E-state index in [9.17, 15) is 8.42 Å². The summed E-state index contributed by atoms with van der Waals surface area (Å²) in [6, 6.07) is 0.259. The maximum absolute atomic E-state index is 10.7. The van der Waals surface area contributed by atoms with Gasteiger partial charge in [0.15, 0.2) is 0 Å². The van der Waals surface area contributed by atoms with E-state index in [1.807, 2.05) is 0 Å². The fraction of sp³-hybridized carbons (Fsp3) is 1.00. The molecule has 1 saturated carbocycles.